The molecular formula is C12H18F3N3O2S. The third-order valence-electron chi connectivity index (χ3n) is 3.01. The molecule has 0 spiro atoms. The van der Waals surface area contributed by atoms with Crippen LogP contribution in [0.25, 0.3) is 0 Å². The highest BCUT2D eigenvalue weighted by Gasteiger charge is 2.33. The molecule has 0 aliphatic heterocycles. The number of halogens is 3. The van der Waals surface area contributed by atoms with Crippen molar-refractivity contribution in [2.24, 2.45) is 5.92 Å². The number of urea groups is 1. The van der Waals surface area contributed by atoms with E-state index in [1.165, 1.54) is 0 Å². The molecule has 0 saturated carbocycles. The summed E-state index contributed by atoms with van der Waals surface area (Å²) in [5.74, 6) is 0.0543. The molecule has 2 atom stereocenters. The number of nitrogens with zero attached hydrogens (tertiary/aromatic N) is 1. The highest BCUT2D eigenvalue weighted by Crippen LogP contribution is 2.29. The van der Waals surface area contributed by atoms with Gasteiger partial charge in [-0.2, -0.15) is 13.2 Å². The highest BCUT2D eigenvalue weighted by molar-refractivity contribution is 7.09. The number of carbonyl (C=O) groups is 1. The van der Waals surface area contributed by atoms with Gasteiger partial charge in [0.15, 0.2) is 5.69 Å². The lowest BCUT2D eigenvalue weighted by Gasteiger charge is -2.17. The number of hydrogen-bond acceptors (Lipinski definition) is 4. The zero-order valence-corrected chi connectivity index (χ0v) is 12.5. The van der Waals surface area contributed by atoms with Gasteiger partial charge in [-0.25, -0.2) is 9.78 Å². The van der Waals surface area contributed by atoms with E-state index in [2.05, 4.69) is 15.6 Å². The Bertz CT molecular complexity index is 465. The normalized spacial score (nSPS) is 14.6. The molecule has 0 fully saturated rings. The number of nitrogens with one attached hydrogen (secondary N) is 2. The second-order valence-electron chi connectivity index (χ2n) is 4.64. The Morgan fingerprint density at radius 1 is 1.48 bits per heavy atom. The zero-order valence-electron chi connectivity index (χ0n) is 11.7. The third-order valence-corrected chi connectivity index (χ3v) is 3.86. The zero-order chi connectivity index (χ0) is 16.0. The summed E-state index contributed by atoms with van der Waals surface area (Å²) >= 11 is 0.828. The number of aromatic nitrogens is 1. The Morgan fingerprint density at radius 2 is 2.14 bits per heavy atom. The van der Waals surface area contributed by atoms with Crippen molar-refractivity contribution < 1.29 is 23.1 Å². The van der Waals surface area contributed by atoms with Crippen molar-refractivity contribution in [1.82, 2.24) is 15.6 Å². The number of thiazole rings is 1. The number of aliphatic hydroxyl groups is 1. The average molecular weight is 325 g/mol. The summed E-state index contributed by atoms with van der Waals surface area (Å²) in [6.45, 7) is 3.78. The van der Waals surface area contributed by atoms with Crippen LogP contribution in [0.4, 0.5) is 18.0 Å². The summed E-state index contributed by atoms with van der Waals surface area (Å²) in [5.41, 5.74) is -0.961. The molecule has 0 saturated heterocycles. The fourth-order valence-corrected chi connectivity index (χ4v) is 2.15. The lowest BCUT2D eigenvalue weighted by molar-refractivity contribution is -0.140. The first-order chi connectivity index (χ1) is 9.74. The van der Waals surface area contributed by atoms with Crippen LogP contribution < -0.4 is 10.6 Å². The van der Waals surface area contributed by atoms with Crippen LogP contribution in [0, 0.1) is 5.92 Å². The maximum absolute atomic E-state index is 12.3. The van der Waals surface area contributed by atoms with Crippen LogP contribution in [-0.4, -0.2) is 28.8 Å². The van der Waals surface area contributed by atoms with Crippen molar-refractivity contribution in [3.8, 4) is 0 Å². The lowest BCUT2D eigenvalue weighted by atomic mass is 10.0. The standard InChI is InChI=1S/C12H18F3N3O2S/c1-3-7(2)8(19)4-16-11(20)17-5-10-18-9(6-21-10)12(13,14)15/h6-8,19H,3-5H2,1-2H3,(H2,16,17,20). The van der Waals surface area contributed by atoms with Gasteiger partial charge < -0.3 is 15.7 Å². The van der Waals surface area contributed by atoms with Gasteiger partial charge in [-0.1, -0.05) is 20.3 Å². The molecule has 1 heterocycles. The number of amides is 2. The van der Waals surface area contributed by atoms with E-state index in [0.29, 0.717) is 0 Å². The van der Waals surface area contributed by atoms with E-state index >= 15 is 0 Å². The highest BCUT2D eigenvalue weighted by atomic mass is 32.1. The van der Waals surface area contributed by atoms with Gasteiger partial charge in [-0.15, -0.1) is 11.3 Å². The summed E-state index contributed by atoms with van der Waals surface area (Å²) in [7, 11) is 0. The van der Waals surface area contributed by atoms with Gasteiger partial charge >= 0.3 is 12.2 Å². The van der Waals surface area contributed by atoms with Crippen LogP contribution in [0.15, 0.2) is 5.38 Å². The summed E-state index contributed by atoms with van der Waals surface area (Å²) in [6, 6.07) is -0.555. The van der Waals surface area contributed by atoms with Crippen LogP contribution >= 0.6 is 11.3 Å². The van der Waals surface area contributed by atoms with E-state index < -0.39 is 24.0 Å². The molecule has 2 unspecified atom stereocenters. The molecule has 0 aliphatic carbocycles. The summed E-state index contributed by atoms with van der Waals surface area (Å²) in [6.07, 6.45) is -4.35. The minimum atomic E-state index is -4.47. The quantitative estimate of drug-likeness (QED) is 0.752. The lowest BCUT2D eigenvalue weighted by Crippen LogP contribution is -2.41. The molecule has 120 valence electrons. The van der Waals surface area contributed by atoms with E-state index in [1.807, 2.05) is 13.8 Å². The maximum Gasteiger partial charge on any atom is 0.434 e. The number of hydrogen-bond donors (Lipinski definition) is 3. The molecular weight excluding hydrogens is 307 g/mol. The number of alkyl halides is 3. The molecule has 0 aliphatic rings. The third kappa shape index (κ3) is 5.88. The van der Waals surface area contributed by atoms with Crippen LogP contribution in [0.1, 0.15) is 31.0 Å². The van der Waals surface area contributed by atoms with E-state index in [4.69, 9.17) is 0 Å². The maximum atomic E-state index is 12.3. The van der Waals surface area contributed by atoms with Gasteiger partial charge in [0, 0.05) is 11.9 Å². The Hall–Kier alpha value is -1.35. The van der Waals surface area contributed by atoms with E-state index in [-0.39, 0.29) is 24.0 Å². The SMILES string of the molecule is CCC(C)C(O)CNC(=O)NCc1nc(C(F)(F)F)cs1. The average Bonchev–Trinajstić information content (AvgIpc) is 2.90. The fraction of sp³-hybridized carbons (Fsp3) is 0.667. The molecule has 5 nitrogen and oxygen atoms in total. The van der Waals surface area contributed by atoms with E-state index in [9.17, 15) is 23.1 Å². The van der Waals surface area contributed by atoms with Crippen molar-refractivity contribution in [3.63, 3.8) is 0 Å². The van der Waals surface area contributed by atoms with Crippen LogP contribution in [0.3, 0.4) is 0 Å². The van der Waals surface area contributed by atoms with Gasteiger partial charge in [-0.3, -0.25) is 0 Å². The molecule has 9 heteroatoms. The Kier molecular flexibility index (Phi) is 6.41. The summed E-state index contributed by atoms with van der Waals surface area (Å²) in [4.78, 5) is 14.8. The van der Waals surface area contributed by atoms with Crippen molar-refractivity contribution >= 4 is 17.4 Å². The van der Waals surface area contributed by atoms with E-state index in [1.54, 1.807) is 0 Å². The van der Waals surface area contributed by atoms with Gasteiger partial charge in [0.25, 0.3) is 0 Å². The molecule has 1 rings (SSSR count). The molecule has 0 radical (unpaired) electrons. The number of rotatable bonds is 6. The molecule has 0 bridgehead atoms. The van der Waals surface area contributed by atoms with Crippen molar-refractivity contribution in [1.29, 1.82) is 0 Å². The predicted molar refractivity (Wildman–Crippen MR) is 72.8 cm³/mol. The van der Waals surface area contributed by atoms with Gasteiger partial charge in [0.05, 0.1) is 12.6 Å². The fourth-order valence-electron chi connectivity index (χ4n) is 1.41. The van der Waals surface area contributed by atoms with Crippen LogP contribution in [0.2, 0.25) is 0 Å². The van der Waals surface area contributed by atoms with Crippen molar-refractivity contribution in [2.75, 3.05) is 6.54 Å². The first-order valence-electron chi connectivity index (χ1n) is 6.45. The van der Waals surface area contributed by atoms with Gasteiger partial charge in [-0.05, 0) is 5.92 Å². The number of aliphatic hydroxyl groups excluding tert-OH is 1. The molecule has 3 N–H and O–H groups in total. The molecule has 1 aromatic heterocycles. The summed E-state index contributed by atoms with van der Waals surface area (Å²) < 4.78 is 37.0. The largest absolute Gasteiger partial charge is 0.434 e. The minimum Gasteiger partial charge on any atom is -0.391 e. The second-order valence-corrected chi connectivity index (χ2v) is 5.58. The van der Waals surface area contributed by atoms with Gasteiger partial charge in [0.1, 0.15) is 5.01 Å². The number of carbonyl (C=O) groups excluding carboxylic acids is 1. The van der Waals surface area contributed by atoms with Crippen molar-refractivity contribution in [2.45, 2.75) is 39.1 Å². The smallest absolute Gasteiger partial charge is 0.391 e. The Balaban J connectivity index is 2.35. The molecule has 0 aromatic carbocycles. The first-order valence-corrected chi connectivity index (χ1v) is 7.33. The molecule has 21 heavy (non-hydrogen) atoms. The van der Waals surface area contributed by atoms with Crippen LogP contribution in [0.5, 0.6) is 0 Å². The topological polar surface area (TPSA) is 74.2 Å². The monoisotopic (exact) mass is 325 g/mol. The second kappa shape index (κ2) is 7.60. The van der Waals surface area contributed by atoms with Gasteiger partial charge in [0.2, 0.25) is 0 Å². The molecule has 2 amide bonds. The predicted octanol–water partition coefficient (Wildman–Crippen LogP) is 2.37. The van der Waals surface area contributed by atoms with E-state index in [0.717, 1.165) is 23.1 Å². The summed E-state index contributed by atoms with van der Waals surface area (Å²) in [5, 5.41) is 15.6. The Morgan fingerprint density at radius 3 is 2.67 bits per heavy atom. The molecule has 1 aromatic rings. The van der Waals surface area contributed by atoms with Crippen LogP contribution in [-0.2, 0) is 12.7 Å². The Labute approximate surface area is 124 Å². The van der Waals surface area contributed by atoms with Crippen molar-refractivity contribution in [3.05, 3.63) is 16.1 Å². The minimum absolute atomic E-state index is 0.0543. The first kappa shape index (κ1) is 17.7.